The van der Waals surface area contributed by atoms with E-state index in [-0.39, 0.29) is 11.7 Å². The smallest absolute Gasteiger partial charge is 0.341 e. The lowest BCUT2D eigenvalue weighted by Crippen LogP contribution is -2.12. The zero-order valence-electron chi connectivity index (χ0n) is 14.9. The quantitative estimate of drug-likeness (QED) is 0.621. The van der Waals surface area contributed by atoms with Gasteiger partial charge in [-0.2, -0.15) is 0 Å². The number of benzene rings is 2. The highest BCUT2D eigenvalue weighted by Gasteiger charge is 2.16. The van der Waals surface area contributed by atoms with Crippen molar-refractivity contribution in [3.63, 3.8) is 0 Å². The lowest BCUT2D eigenvalue weighted by atomic mass is 10.1. The summed E-state index contributed by atoms with van der Waals surface area (Å²) in [6.07, 6.45) is 2.15. The number of carboxylic acids is 1. The maximum Gasteiger partial charge on any atom is 0.341 e. The van der Waals surface area contributed by atoms with Gasteiger partial charge in [0.2, 0.25) is 11.8 Å². The molecule has 0 saturated carbocycles. The van der Waals surface area contributed by atoms with Crippen LogP contribution in [-0.4, -0.2) is 28.6 Å². The molecule has 0 unspecified atom stereocenters. The second-order valence-corrected chi connectivity index (χ2v) is 6.03. The van der Waals surface area contributed by atoms with Crippen LogP contribution in [0, 0.1) is 0 Å². The Morgan fingerprint density at radius 3 is 2.78 bits per heavy atom. The molecule has 0 atom stereocenters. The molecule has 1 heterocycles. The fourth-order valence-electron chi connectivity index (χ4n) is 2.58. The van der Waals surface area contributed by atoms with Gasteiger partial charge in [0.05, 0.1) is 5.56 Å². The highest BCUT2D eigenvalue weighted by molar-refractivity contribution is 5.91. The van der Waals surface area contributed by atoms with Crippen molar-refractivity contribution in [1.82, 2.24) is 4.98 Å². The number of nitrogens with zero attached hydrogens (tertiary/aromatic N) is 1. The zero-order valence-corrected chi connectivity index (χ0v) is 14.9. The number of oxazole rings is 1. The highest BCUT2D eigenvalue weighted by Crippen LogP contribution is 2.34. The predicted octanol–water partition coefficient (Wildman–Crippen LogP) is 4.09. The summed E-state index contributed by atoms with van der Waals surface area (Å²) in [6.45, 7) is 1.50. The van der Waals surface area contributed by atoms with E-state index in [9.17, 15) is 9.59 Å². The van der Waals surface area contributed by atoms with Gasteiger partial charge in [-0.3, -0.25) is 4.79 Å². The van der Waals surface area contributed by atoms with E-state index in [0.717, 1.165) is 12.8 Å². The first-order chi connectivity index (χ1) is 13.1. The zero-order chi connectivity index (χ0) is 19.2. The topological polar surface area (TPSA) is 102 Å². The molecule has 27 heavy (non-hydrogen) atoms. The molecule has 0 aliphatic heterocycles. The average Bonchev–Trinajstić information content (AvgIpc) is 3.08. The van der Waals surface area contributed by atoms with Gasteiger partial charge in [-0.25, -0.2) is 9.78 Å². The van der Waals surface area contributed by atoms with Crippen molar-refractivity contribution < 1.29 is 23.8 Å². The fourth-order valence-corrected chi connectivity index (χ4v) is 2.58. The summed E-state index contributed by atoms with van der Waals surface area (Å²) in [5.41, 5.74) is 2.35. The van der Waals surface area contributed by atoms with Crippen LogP contribution in [0.5, 0.6) is 5.75 Å². The number of hydrogen-bond donors (Lipinski definition) is 2. The molecule has 1 amide bonds. The minimum absolute atomic E-state index is 0.101. The van der Waals surface area contributed by atoms with Gasteiger partial charge in [-0.1, -0.05) is 25.5 Å². The van der Waals surface area contributed by atoms with Crippen molar-refractivity contribution in [1.29, 1.82) is 0 Å². The van der Waals surface area contributed by atoms with Crippen molar-refractivity contribution in [2.45, 2.75) is 26.2 Å². The minimum atomic E-state index is -1.10. The number of nitrogens with one attached hydrogen (secondary N) is 1. The number of ether oxygens (including phenoxy) is 1. The van der Waals surface area contributed by atoms with E-state index in [4.69, 9.17) is 14.3 Å². The van der Waals surface area contributed by atoms with E-state index >= 15 is 0 Å². The van der Waals surface area contributed by atoms with Gasteiger partial charge < -0.3 is 19.6 Å². The van der Waals surface area contributed by atoms with E-state index in [0.29, 0.717) is 34.7 Å². The largest absolute Gasteiger partial charge is 0.481 e. The molecule has 7 heteroatoms. The Balaban J connectivity index is 1.91. The van der Waals surface area contributed by atoms with Crippen LogP contribution in [0.1, 0.15) is 26.2 Å². The molecular formula is C20H20N2O5. The van der Waals surface area contributed by atoms with Gasteiger partial charge in [-0.05, 0) is 30.7 Å². The Morgan fingerprint density at radius 1 is 1.22 bits per heavy atom. The second kappa shape index (κ2) is 8.35. The molecule has 0 fully saturated rings. The molecule has 0 saturated heterocycles. The van der Waals surface area contributed by atoms with Gasteiger partial charge in [0.25, 0.3) is 0 Å². The van der Waals surface area contributed by atoms with Gasteiger partial charge in [0.1, 0.15) is 11.3 Å². The van der Waals surface area contributed by atoms with Crippen molar-refractivity contribution in [2.75, 3.05) is 11.9 Å². The van der Waals surface area contributed by atoms with Crippen LogP contribution in [0.3, 0.4) is 0 Å². The molecule has 7 nitrogen and oxygen atoms in total. The summed E-state index contributed by atoms with van der Waals surface area (Å²) >= 11 is 0. The molecule has 0 aliphatic rings. The van der Waals surface area contributed by atoms with Crippen molar-refractivity contribution >= 4 is 28.7 Å². The minimum Gasteiger partial charge on any atom is -0.481 e. The summed E-state index contributed by atoms with van der Waals surface area (Å²) in [5.74, 6) is -0.607. The third-order valence-corrected chi connectivity index (χ3v) is 3.90. The third-order valence-electron chi connectivity index (χ3n) is 3.90. The summed E-state index contributed by atoms with van der Waals surface area (Å²) in [4.78, 5) is 27.3. The Kier molecular flexibility index (Phi) is 5.71. The number of amides is 1. The number of rotatable bonds is 8. The summed E-state index contributed by atoms with van der Waals surface area (Å²) in [5, 5.41) is 11.7. The van der Waals surface area contributed by atoms with Gasteiger partial charge in [0, 0.05) is 18.2 Å². The van der Waals surface area contributed by atoms with Crippen molar-refractivity contribution in [3.8, 4) is 17.2 Å². The normalized spacial score (nSPS) is 10.7. The Hall–Kier alpha value is -3.35. The molecule has 0 radical (unpaired) electrons. The van der Waals surface area contributed by atoms with Crippen LogP contribution >= 0.6 is 0 Å². The third kappa shape index (κ3) is 4.63. The maximum atomic E-state index is 11.9. The number of aliphatic carboxylic acids is 1. The second-order valence-electron chi connectivity index (χ2n) is 6.03. The van der Waals surface area contributed by atoms with Crippen LogP contribution in [0.2, 0.25) is 0 Å². The molecule has 2 aromatic carbocycles. The van der Waals surface area contributed by atoms with Gasteiger partial charge in [-0.15, -0.1) is 0 Å². The molecule has 0 aliphatic carbocycles. The maximum absolute atomic E-state index is 11.9. The monoisotopic (exact) mass is 368 g/mol. The SMILES string of the molecule is CCCCC(=O)Nc1ccc(-c2nc3ccccc3o2)c(OCC(=O)O)c1. The number of anilines is 1. The first-order valence-corrected chi connectivity index (χ1v) is 8.71. The van der Waals surface area contributed by atoms with Crippen LogP contribution in [0.4, 0.5) is 5.69 Å². The number of carbonyl (C=O) groups excluding carboxylic acids is 1. The number of carbonyl (C=O) groups is 2. The number of fused-ring (bicyclic) bond motifs is 1. The molecule has 140 valence electrons. The molecular weight excluding hydrogens is 348 g/mol. The van der Waals surface area contributed by atoms with Crippen molar-refractivity contribution in [2.24, 2.45) is 0 Å². The van der Waals surface area contributed by atoms with E-state index in [1.165, 1.54) is 0 Å². The summed E-state index contributed by atoms with van der Waals surface area (Å²) < 4.78 is 11.2. The first-order valence-electron chi connectivity index (χ1n) is 8.71. The van der Waals surface area contributed by atoms with E-state index in [1.807, 2.05) is 25.1 Å². The number of aromatic nitrogens is 1. The highest BCUT2D eigenvalue weighted by atomic mass is 16.5. The summed E-state index contributed by atoms with van der Waals surface area (Å²) in [6, 6.07) is 12.3. The predicted molar refractivity (Wildman–Crippen MR) is 101 cm³/mol. The van der Waals surface area contributed by atoms with E-state index < -0.39 is 12.6 Å². The average molecular weight is 368 g/mol. The molecule has 3 aromatic rings. The Morgan fingerprint density at radius 2 is 2.04 bits per heavy atom. The van der Waals surface area contributed by atoms with Gasteiger partial charge in [0.15, 0.2) is 12.2 Å². The number of unbranched alkanes of at least 4 members (excludes halogenated alkanes) is 1. The fraction of sp³-hybridized carbons (Fsp3) is 0.250. The molecule has 0 spiro atoms. The number of para-hydroxylation sites is 2. The molecule has 2 N–H and O–H groups in total. The van der Waals surface area contributed by atoms with E-state index in [2.05, 4.69) is 10.3 Å². The van der Waals surface area contributed by atoms with Crippen LogP contribution in [0.15, 0.2) is 46.9 Å². The lowest BCUT2D eigenvalue weighted by molar-refractivity contribution is -0.139. The van der Waals surface area contributed by atoms with Crippen LogP contribution in [-0.2, 0) is 9.59 Å². The molecule has 3 rings (SSSR count). The first kappa shape index (κ1) is 18.4. The van der Waals surface area contributed by atoms with E-state index in [1.54, 1.807) is 24.3 Å². The summed E-state index contributed by atoms with van der Waals surface area (Å²) in [7, 11) is 0. The lowest BCUT2D eigenvalue weighted by Gasteiger charge is -2.11. The van der Waals surface area contributed by atoms with Crippen LogP contribution in [0.25, 0.3) is 22.6 Å². The molecule has 1 aromatic heterocycles. The van der Waals surface area contributed by atoms with Crippen molar-refractivity contribution in [3.05, 3.63) is 42.5 Å². The Labute approximate surface area is 156 Å². The van der Waals surface area contributed by atoms with Crippen LogP contribution < -0.4 is 10.1 Å². The molecule has 0 bridgehead atoms. The van der Waals surface area contributed by atoms with Gasteiger partial charge >= 0.3 is 5.97 Å². The standard InChI is InChI=1S/C20H20N2O5/c1-2-3-8-18(23)21-13-9-10-14(17(11-13)26-12-19(24)25)20-22-15-6-4-5-7-16(15)27-20/h4-7,9-11H,2-3,8,12H2,1H3,(H,21,23)(H,24,25). The number of hydrogen-bond acceptors (Lipinski definition) is 5. The Bertz CT molecular complexity index is 931. The number of carboxylic acid groups (broad SMARTS) is 1.